The molecule has 0 fully saturated rings. The number of hydrogen-bond donors (Lipinski definition) is 1. The van der Waals surface area contributed by atoms with Crippen molar-refractivity contribution in [3.63, 3.8) is 0 Å². The van der Waals surface area contributed by atoms with E-state index in [-0.39, 0.29) is 6.92 Å². The lowest BCUT2D eigenvalue weighted by Crippen LogP contribution is -2.22. The van der Waals surface area contributed by atoms with E-state index in [4.69, 9.17) is 0 Å². The van der Waals surface area contributed by atoms with Gasteiger partial charge in [-0.25, -0.2) is 0 Å². The van der Waals surface area contributed by atoms with Crippen LogP contribution in [0, 0.1) is 0 Å². The van der Waals surface area contributed by atoms with Crippen LogP contribution in [-0.4, -0.2) is 11.9 Å². The van der Waals surface area contributed by atoms with Gasteiger partial charge in [0.1, 0.15) is 0 Å². The first-order valence-corrected chi connectivity index (χ1v) is 6.37. The molecule has 0 aliphatic heterocycles. The molecule has 1 aromatic rings. The van der Waals surface area contributed by atoms with Gasteiger partial charge in [0, 0.05) is 4.78 Å². The molecule has 0 aliphatic carbocycles. The summed E-state index contributed by atoms with van der Waals surface area (Å²) < 4.78 is 1.09. The molecular weight excluding hydrogens is 191 g/mol. The third-order valence-corrected chi connectivity index (χ3v) is 3.56. The highest BCUT2D eigenvalue weighted by Gasteiger charge is 2.08. The molecule has 0 saturated carbocycles. The van der Waals surface area contributed by atoms with Crippen LogP contribution in [0.1, 0.15) is 38.2 Å². The lowest BCUT2D eigenvalue weighted by Gasteiger charge is -1.97. The Morgan fingerprint density at radius 3 is 2.71 bits per heavy atom. The summed E-state index contributed by atoms with van der Waals surface area (Å²) in [4.78, 5) is 0. The predicted molar refractivity (Wildman–Crippen MR) is 65.6 cm³/mol. The van der Waals surface area contributed by atoms with E-state index in [1.165, 1.54) is 37.7 Å². The van der Waals surface area contributed by atoms with Gasteiger partial charge in [-0.2, -0.15) is 11.3 Å². The summed E-state index contributed by atoms with van der Waals surface area (Å²) >= 11 is 1.67. The molecule has 0 unspecified atom stereocenters. The van der Waals surface area contributed by atoms with E-state index in [0.29, 0.717) is 0 Å². The Labute approximate surface area is 91.3 Å². The normalized spacial score (nSPS) is 10.5. The maximum atomic E-state index is 9.36. The highest BCUT2D eigenvalue weighted by molar-refractivity contribution is 7.21. The first kappa shape index (κ1) is 11.8. The Balaban J connectivity index is 2.29. The van der Waals surface area contributed by atoms with Crippen LogP contribution in [0.4, 0.5) is 0 Å². The molecule has 0 bridgehead atoms. The van der Waals surface area contributed by atoms with Crippen LogP contribution in [0.3, 0.4) is 0 Å². The van der Waals surface area contributed by atoms with E-state index in [1.807, 2.05) is 6.82 Å². The van der Waals surface area contributed by atoms with E-state index in [0.717, 1.165) is 4.78 Å². The molecule has 0 radical (unpaired) electrons. The van der Waals surface area contributed by atoms with Crippen molar-refractivity contribution < 1.29 is 5.02 Å². The minimum atomic E-state index is -0.301. The van der Waals surface area contributed by atoms with Gasteiger partial charge in [-0.15, -0.1) is 0 Å². The zero-order valence-corrected chi connectivity index (χ0v) is 9.94. The second kappa shape index (κ2) is 6.25. The van der Waals surface area contributed by atoms with Gasteiger partial charge in [-0.3, -0.25) is 0 Å². The fourth-order valence-corrected chi connectivity index (χ4v) is 2.39. The second-order valence-electron chi connectivity index (χ2n) is 3.84. The van der Waals surface area contributed by atoms with Gasteiger partial charge < -0.3 is 5.02 Å². The van der Waals surface area contributed by atoms with Crippen LogP contribution < -0.4 is 4.78 Å². The molecule has 0 aromatic carbocycles. The fourth-order valence-electron chi connectivity index (χ4n) is 1.50. The van der Waals surface area contributed by atoms with Crippen molar-refractivity contribution in [2.75, 3.05) is 0 Å². The summed E-state index contributed by atoms with van der Waals surface area (Å²) in [5.74, 6) is 0. The lowest BCUT2D eigenvalue weighted by molar-refractivity contribution is 0.595. The number of hydrogen-bond acceptors (Lipinski definition) is 2. The lowest BCUT2D eigenvalue weighted by atomic mass is 9.70. The van der Waals surface area contributed by atoms with Crippen molar-refractivity contribution >= 4 is 23.0 Å². The van der Waals surface area contributed by atoms with Gasteiger partial charge in [0.25, 0.3) is 0 Å². The summed E-state index contributed by atoms with van der Waals surface area (Å²) in [7, 11) is 0. The molecule has 0 atom stereocenters. The van der Waals surface area contributed by atoms with Crippen molar-refractivity contribution in [3.8, 4) is 0 Å². The van der Waals surface area contributed by atoms with Gasteiger partial charge in [0.2, 0.25) is 0 Å². The molecule has 1 aromatic heterocycles. The third kappa shape index (κ3) is 3.85. The van der Waals surface area contributed by atoms with E-state index in [1.54, 1.807) is 11.3 Å². The first-order chi connectivity index (χ1) is 6.74. The Bertz CT molecular complexity index is 258. The van der Waals surface area contributed by atoms with Crippen LogP contribution in [0.2, 0.25) is 6.82 Å². The average molecular weight is 210 g/mol. The first-order valence-electron chi connectivity index (χ1n) is 5.49. The molecule has 0 saturated heterocycles. The van der Waals surface area contributed by atoms with Gasteiger partial charge >= 0.3 is 6.92 Å². The number of thiophene rings is 1. The van der Waals surface area contributed by atoms with Crippen LogP contribution in [-0.2, 0) is 6.42 Å². The third-order valence-electron chi connectivity index (χ3n) is 2.40. The monoisotopic (exact) mass is 210 g/mol. The Hall–Kier alpha value is -0.275. The van der Waals surface area contributed by atoms with Crippen molar-refractivity contribution in [1.82, 2.24) is 0 Å². The number of unbranched alkanes of at least 4 members (excludes halogenated alkanes) is 3. The molecular formula is C11H19BOS. The van der Waals surface area contributed by atoms with Gasteiger partial charge in [0.15, 0.2) is 0 Å². The zero-order chi connectivity index (χ0) is 10.4. The van der Waals surface area contributed by atoms with E-state index >= 15 is 0 Å². The summed E-state index contributed by atoms with van der Waals surface area (Å²) in [6, 6.07) is 2.14. The molecule has 0 amide bonds. The van der Waals surface area contributed by atoms with Crippen LogP contribution in [0.25, 0.3) is 0 Å². The maximum Gasteiger partial charge on any atom is 0.330 e. The van der Waals surface area contributed by atoms with Crippen molar-refractivity contribution in [3.05, 3.63) is 17.0 Å². The number of rotatable bonds is 6. The van der Waals surface area contributed by atoms with Gasteiger partial charge in [-0.1, -0.05) is 39.1 Å². The largest absolute Gasteiger partial charge is 0.446 e. The molecule has 1 heterocycles. The number of aryl methyl sites for hydroxylation is 1. The molecule has 78 valence electrons. The minimum absolute atomic E-state index is 0.301. The second-order valence-corrected chi connectivity index (χ2v) is 4.79. The molecule has 0 aliphatic rings. The summed E-state index contributed by atoms with van der Waals surface area (Å²) in [5, 5.41) is 11.5. The van der Waals surface area contributed by atoms with Crippen molar-refractivity contribution in [2.45, 2.75) is 45.9 Å². The molecule has 1 rings (SSSR count). The molecule has 0 spiro atoms. The van der Waals surface area contributed by atoms with Crippen molar-refractivity contribution in [2.24, 2.45) is 0 Å². The SMILES string of the molecule is CCCCCCc1csc(B(C)O)c1. The van der Waals surface area contributed by atoms with Crippen LogP contribution >= 0.6 is 11.3 Å². The van der Waals surface area contributed by atoms with Crippen molar-refractivity contribution in [1.29, 1.82) is 0 Å². The van der Waals surface area contributed by atoms with E-state index in [2.05, 4.69) is 18.4 Å². The maximum absolute atomic E-state index is 9.36. The topological polar surface area (TPSA) is 20.2 Å². The molecule has 1 N–H and O–H groups in total. The zero-order valence-electron chi connectivity index (χ0n) is 9.12. The standard InChI is InChI=1S/C11H19BOS/c1-3-4-5-6-7-10-8-11(12(2)13)14-9-10/h8-9,13H,3-7H2,1-2H3. The van der Waals surface area contributed by atoms with E-state index < -0.39 is 0 Å². The average Bonchev–Trinajstić information content (AvgIpc) is 2.61. The summed E-state index contributed by atoms with van der Waals surface area (Å²) in [5.41, 5.74) is 1.39. The quantitative estimate of drug-likeness (QED) is 0.565. The van der Waals surface area contributed by atoms with E-state index in [9.17, 15) is 5.02 Å². The Kier molecular flexibility index (Phi) is 5.27. The van der Waals surface area contributed by atoms with Gasteiger partial charge in [0.05, 0.1) is 0 Å². The smallest absolute Gasteiger partial charge is 0.330 e. The fraction of sp³-hybridized carbons (Fsp3) is 0.636. The van der Waals surface area contributed by atoms with Crippen LogP contribution in [0.5, 0.6) is 0 Å². The molecule has 3 heteroatoms. The molecule has 14 heavy (non-hydrogen) atoms. The van der Waals surface area contributed by atoms with Gasteiger partial charge in [-0.05, 0) is 23.8 Å². The molecule has 1 nitrogen and oxygen atoms in total. The Morgan fingerprint density at radius 1 is 1.36 bits per heavy atom. The van der Waals surface area contributed by atoms with Crippen LogP contribution in [0.15, 0.2) is 11.4 Å². The minimum Gasteiger partial charge on any atom is -0.446 e. The highest BCUT2D eigenvalue weighted by Crippen LogP contribution is 2.10. The summed E-state index contributed by atoms with van der Waals surface area (Å²) in [6.07, 6.45) is 6.42. The predicted octanol–water partition coefficient (Wildman–Crippen LogP) is 2.69. The Morgan fingerprint density at radius 2 is 2.14 bits per heavy atom. The highest BCUT2D eigenvalue weighted by atomic mass is 32.1. The summed E-state index contributed by atoms with van der Waals surface area (Å²) in [6.45, 7) is 3.76.